The van der Waals surface area contributed by atoms with E-state index in [9.17, 15) is 4.39 Å². The standard InChI is InChI=1S/C13H10FN3O/c1-18-13-7-9(14)4-5-11(13)17-10-3-2-6-16-12(10)8-15/h2-7,17H,1H3. The van der Waals surface area contributed by atoms with Gasteiger partial charge in [0.15, 0.2) is 5.69 Å². The summed E-state index contributed by atoms with van der Waals surface area (Å²) in [5, 5.41) is 11.9. The third kappa shape index (κ3) is 2.38. The van der Waals surface area contributed by atoms with E-state index in [0.717, 1.165) is 0 Å². The molecular formula is C13H10FN3O. The van der Waals surface area contributed by atoms with E-state index >= 15 is 0 Å². The molecule has 1 aromatic heterocycles. The van der Waals surface area contributed by atoms with Crippen LogP contribution in [0.3, 0.4) is 0 Å². The van der Waals surface area contributed by atoms with E-state index in [1.54, 1.807) is 18.2 Å². The van der Waals surface area contributed by atoms with E-state index in [4.69, 9.17) is 10.00 Å². The third-order valence-corrected chi connectivity index (χ3v) is 2.35. The molecule has 0 amide bonds. The zero-order valence-corrected chi connectivity index (χ0v) is 9.64. The van der Waals surface area contributed by atoms with Crippen molar-refractivity contribution in [2.24, 2.45) is 0 Å². The molecule has 5 heteroatoms. The summed E-state index contributed by atoms with van der Waals surface area (Å²) in [6.45, 7) is 0. The summed E-state index contributed by atoms with van der Waals surface area (Å²) in [6, 6.07) is 9.53. The van der Waals surface area contributed by atoms with Gasteiger partial charge in [0.05, 0.1) is 18.5 Å². The topological polar surface area (TPSA) is 57.9 Å². The van der Waals surface area contributed by atoms with Gasteiger partial charge in [-0.15, -0.1) is 0 Å². The van der Waals surface area contributed by atoms with Crippen molar-refractivity contribution in [3.63, 3.8) is 0 Å². The predicted octanol–water partition coefficient (Wildman–Crippen LogP) is 2.84. The average Bonchev–Trinajstić information content (AvgIpc) is 2.41. The Morgan fingerprint density at radius 1 is 1.33 bits per heavy atom. The number of anilines is 2. The molecular weight excluding hydrogens is 233 g/mol. The van der Waals surface area contributed by atoms with E-state index in [2.05, 4.69) is 10.3 Å². The summed E-state index contributed by atoms with van der Waals surface area (Å²) < 4.78 is 18.1. The molecule has 90 valence electrons. The number of ether oxygens (including phenoxy) is 1. The van der Waals surface area contributed by atoms with Crippen LogP contribution in [-0.2, 0) is 0 Å². The van der Waals surface area contributed by atoms with Gasteiger partial charge in [-0.05, 0) is 24.3 Å². The summed E-state index contributed by atoms with van der Waals surface area (Å²) in [7, 11) is 1.45. The van der Waals surface area contributed by atoms with Crippen molar-refractivity contribution in [3.8, 4) is 11.8 Å². The maximum atomic E-state index is 13.0. The second kappa shape index (κ2) is 5.15. The molecule has 0 atom stereocenters. The van der Waals surface area contributed by atoms with Gasteiger partial charge >= 0.3 is 0 Å². The first-order chi connectivity index (χ1) is 8.74. The molecule has 0 saturated carbocycles. The van der Waals surface area contributed by atoms with E-state index < -0.39 is 0 Å². The molecule has 0 saturated heterocycles. The van der Waals surface area contributed by atoms with Gasteiger partial charge in [0.1, 0.15) is 17.6 Å². The van der Waals surface area contributed by atoms with Crippen LogP contribution in [0.5, 0.6) is 5.75 Å². The van der Waals surface area contributed by atoms with Crippen molar-refractivity contribution < 1.29 is 9.13 Å². The van der Waals surface area contributed by atoms with Gasteiger partial charge in [-0.2, -0.15) is 5.26 Å². The fourth-order valence-electron chi connectivity index (χ4n) is 1.51. The van der Waals surface area contributed by atoms with Crippen LogP contribution in [0.1, 0.15) is 5.69 Å². The van der Waals surface area contributed by atoms with Gasteiger partial charge < -0.3 is 10.1 Å². The van der Waals surface area contributed by atoms with Crippen molar-refractivity contribution in [1.82, 2.24) is 4.98 Å². The smallest absolute Gasteiger partial charge is 0.163 e. The number of halogens is 1. The first-order valence-electron chi connectivity index (χ1n) is 5.20. The van der Waals surface area contributed by atoms with Gasteiger partial charge in [-0.25, -0.2) is 9.37 Å². The number of nitrogens with zero attached hydrogens (tertiary/aromatic N) is 2. The molecule has 1 heterocycles. The molecule has 4 nitrogen and oxygen atoms in total. The second-order valence-corrected chi connectivity index (χ2v) is 3.48. The SMILES string of the molecule is COc1cc(F)ccc1Nc1cccnc1C#N. The molecule has 2 rings (SSSR count). The van der Waals surface area contributed by atoms with Gasteiger partial charge in [0.2, 0.25) is 0 Å². The fourth-order valence-corrected chi connectivity index (χ4v) is 1.51. The predicted molar refractivity (Wildman–Crippen MR) is 65.2 cm³/mol. The lowest BCUT2D eigenvalue weighted by molar-refractivity contribution is 0.413. The molecule has 18 heavy (non-hydrogen) atoms. The van der Waals surface area contributed by atoms with Crippen LogP contribution in [0.2, 0.25) is 0 Å². The summed E-state index contributed by atoms with van der Waals surface area (Å²) in [5.41, 5.74) is 1.39. The van der Waals surface area contributed by atoms with Crippen LogP contribution < -0.4 is 10.1 Å². The van der Waals surface area contributed by atoms with Gasteiger partial charge in [-0.1, -0.05) is 0 Å². The maximum absolute atomic E-state index is 13.0. The monoisotopic (exact) mass is 243 g/mol. The number of aromatic nitrogens is 1. The minimum atomic E-state index is -0.385. The molecule has 0 unspecified atom stereocenters. The number of hydrogen-bond donors (Lipinski definition) is 1. The number of benzene rings is 1. The van der Waals surface area contributed by atoms with E-state index in [1.807, 2.05) is 6.07 Å². The molecule has 0 spiro atoms. The summed E-state index contributed by atoms with van der Waals surface area (Å²) in [4.78, 5) is 3.93. The zero-order valence-electron chi connectivity index (χ0n) is 9.64. The van der Waals surface area contributed by atoms with Crippen LogP contribution in [0, 0.1) is 17.1 Å². The lowest BCUT2D eigenvalue weighted by Crippen LogP contribution is -1.98. The maximum Gasteiger partial charge on any atom is 0.163 e. The summed E-state index contributed by atoms with van der Waals surface area (Å²) in [5.74, 6) is -0.0214. The number of nitrogens with one attached hydrogen (secondary N) is 1. The van der Waals surface area contributed by atoms with Crippen molar-refractivity contribution in [2.75, 3.05) is 12.4 Å². The van der Waals surface area contributed by atoms with Gasteiger partial charge in [-0.3, -0.25) is 0 Å². The van der Waals surface area contributed by atoms with E-state index in [-0.39, 0.29) is 11.5 Å². The summed E-state index contributed by atoms with van der Waals surface area (Å²) >= 11 is 0. The normalized spacial score (nSPS) is 9.61. The highest BCUT2D eigenvalue weighted by Gasteiger charge is 2.07. The zero-order chi connectivity index (χ0) is 13.0. The Hall–Kier alpha value is -2.61. The van der Waals surface area contributed by atoms with Crippen molar-refractivity contribution in [3.05, 3.63) is 48.0 Å². The molecule has 0 aliphatic heterocycles. The second-order valence-electron chi connectivity index (χ2n) is 3.48. The van der Waals surface area contributed by atoms with Crippen molar-refractivity contribution >= 4 is 11.4 Å². The third-order valence-electron chi connectivity index (χ3n) is 2.35. The Morgan fingerprint density at radius 3 is 2.89 bits per heavy atom. The minimum absolute atomic E-state index is 0.267. The van der Waals surface area contributed by atoms with Crippen LogP contribution in [0.25, 0.3) is 0 Å². The van der Waals surface area contributed by atoms with Gasteiger partial charge in [0, 0.05) is 12.3 Å². The molecule has 2 aromatic rings. The Labute approximate surface area is 104 Å². The molecule has 1 aromatic carbocycles. The van der Waals surface area contributed by atoms with Crippen LogP contribution in [0.15, 0.2) is 36.5 Å². The molecule has 0 fully saturated rings. The highest BCUT2D eigenvalue weighted by molar-refractivity contribution is 5.69. The van der Waals surface area contributed by atoms with E-state index in [0.29, 0.717) is 17.1 Å². The Bertz CT molecular complexity index is 607. The Kier molecular flexibility index (Phi) is 3.39. The van der Waals surface area contributed by atoms with Crippen LogP contribution in [-0.4, -0.2) is 12.1 Å². The van der Waals surface area contributed by atoms with Crippen molar-refractivity contribution in [1.29, 1.82) is 5.26 Å². The number of hydrogen-bond acceptors (Lipinski definition) is 4. The molecule has 0 aliphatic rings. The Balaban J connectivity index is 2.37. The lowest BCUT2D eigenvalue weighted by atomic mass is 10.2. The van der Waals surface area contributed by atoms with E-state index in [1.165, 1.54) is 25.4 Å². The first kappa shape index (κ1) is 11.9. The van der Waals surface area contributed by atoms with Crippen LogP contribution >= 0.6 is 0 Å². The van der Waals surface area contributed by atoms with Crippen molar-refractivity contribution in [2.45, 2.75) is 0 Å². The summed E-state index contributed by atoms with van der Waals surface area (Å²) in [6.07, 6.45) is 1.53. The molecule has 0 radical (unpaired) electrons. The number of rotatable bonds is 3. The highest BCUT2D eigenvalue weighted by Crippen LogP contribution is 2.28. The fraction of sp³-hybridized carbons (Fsp3) is 0.0769. The van der Waals surface area contributed by atoms with Crippen LogP contribution in [0.4, 0.5) is 15.8 Å². The molecule has 1 N–H and O–H groups in total. The minimum Gasteiger partial charge on any atom is -0.494 e. The lowest BCUT2D eigenvalue weighted by Gasteiger charge is -2.11. The largest absolute Gasteiger partial charge is 0.494 e. The first-order valence-corrected chi connectivity index (χ1v) is 5.20. The quantitative estimate of drug-likeness (QED) is 0.900. The molecule has 0 bridgehead atoms. The average molecular weight is 243 g/mol. The number of nitriles is 1. The number of pyridine rings is 1. The Morgan fingerprint density at radius 2 is 2.17 bits per heavy atom. The van der Waals surface area contributed by atoms with Gasteiger partial charge in [0.25, 0.3) is 0 Å². The number of methoxy groups -OCH3 is 1. The molecule has 0 aliphatic carbocycles. The highest BCUT2D eigenvalue weighted by atomic mass is 19.1.